The summed E-state index contributed by atoms with van der Waals surface area (Å²) < 4.78 is 1.91. The number of aromatic amines is 1. The van der Waals surface area contributed by atoms with Crippen LogP contribution >= 0.6 is 0 Å². The van der Waals surface area contributed by atoms with Gasteiger partial charge in [0.2, 0.25) is 0 Å². The highest BCUT2D eigenvalue weighted by Crippen LogP contribution is 2.24. The van der Waals surface area contributed by atoms with Crippen LogP contribution in [0, 0.1) is 0 Å². The zero-order chi connectivity index (χ0) is 16.4. The van der Waals surface area contributed by atoms with Gasteiger partial charge < -0.3 is 15.2 Å². The number of carbonyl (C=O) groups is 1. The molecule has 2 aliphatic heterocycles. The van der Waals surface area contributed by atoms with Crippen LogP contribution in [0.5, 0.6) is 0 Å². The molecule has 4 heterocycles. The van der Waals surface area contributed by atoms with E-state index in [2.05, 4.69) is 20.4 Å². The number of nitrogens with zero attached hydrogens (tertiary/aromatic N) is 4. The molecule has 7 nitrogen and oxygen atoms in total. The second-order valence-corrected chi connectivity index (χ2v) is 6.73. The Bertz CT molecular complexity index is 673. The lowest BCUT2D eigenvalue weighted by atomic mass is 9.98. The highest BCUT2D eigenvalue weighted by molar-refractivity contribution is 5.92. The lowest BCUT2D eigenvalue weighted by molar-refractivity contribution is 0.0716. The van der Waals surface area contributed by atoms with Crippen molar-refractivity contribution in [3.05, 3.63) is 36.2 Å². The van der Waals surface area contributed by atoms with Gasteiger partial charge in [0.1, 0.15) is 11.5 Å². The van der Waals surface area contributed by atoms with Gasteiger partial charge in [-0.2, -0.15) is 5.10 Å². The topological polar surface area (TPSA) is 78.8 Å². The van der Waals surface area contributed by atoms with Crippen LogP contribution in [0.15, 0.2) is 24.7 Å². The molecule has 2 aliphatic rings. The van der Waals surface area contributed by atoms with Gasteiger partial charge in [-0.15, -0.1) is 0 Å². The molecule has 0 saturated carbocycles. The summed E-state index contributed by atoms with van der Waals surface area (Å²) >= 11 is 0. The molecule has 2 aromatic heterocycles. The molecule has 4 rings (SSSR count). The lowest BCUT2D eigenvalue weighted by Crippen LogP contribution is -2.38. The molecule has 0 spiro atoms. The Morgan fingerprint density at radius 1 is 1.29 bits per heavy atom. The molecule has 2 aromatic rings. The van der Waals surface area contributed by atoms with Gasteiger partial charge in [-0.25, -0.2) is 4.98 Å². The van der Waals surface area contributed by atoms with E-state index >= 15 is 0 Å². The molecule has 2 fully saturated rings. The summed E-state index contributed by atoms with van der Waals surface area (Å²) in [5, 5.41) is 7.62. The molecule has 7 heteroatoms. The fourth-order valence-electron chi connectivity index (χ4n) is 3.82. The highest BCUT2D eigenvalue weighted by atomic mass is 16.2. The SMILES string of the molecule is O=C(c1cnc(C2CCNCC2)[nH]1)N1CCCC1Cn1cccn1. The van der Waals surface area contributed by atoms with Gasteiger partial charge in [0.25, 0.3) is 5.91 Å². The summed E-state index contributed by atoms with van der Waals surface area (Å²) in [4.78, 5) is 22.6. The van der Waals surface area contributed by atoms with Crippen LogP contribution in [0.4, 0.5) is 0 Å². The highest BCUT2D eigenvalue weighted by Gasteiger charge is 2.31. The Morgan fingerprint density at radius 2 is 2.17 bits per heavy atom. The average molecular weight is 328 g/mol. The first-order valence-corrected chi connectivity index (χ1v) is 8.85. The van der Waals surface area contributed by atoms with Crippen LogP contribution in [0.25, 0.3) is 0 Å². The molecule has 0 radical (unpaired) electrons. The summed E-state index contributed by atoms with van der Waals surface area (Å²) in [7, 11) is 0. The number of H-pyrrole nitrogens is 1. The van der Waals surface area contributed by atoms with Crippen LogP contribution < -0.4 is 5.32 Å². The van der Waals surface area contributed by atoms with Crippen LogP contribution in [0.3, 0.4) is 0 Å². The monoisotopic (exact) mass is 328 g/mol. The zero-order valence-electron chi connectivity index (χ0n) is 13.8. The number of amides is 1. The second-order valence-electron chi connectivity index (χ2n) is 6.73. The van der Waals surface area contributed by atoms with Gasteiger partial charge in [-0.1, -0.05) is 0 Å². The van der Waals surface area contributed by atoms with E-state index in [1.165, 1.54) is 0 Å². The molecular weight excluding hydrogens is 304 g/mol. The largest absolute Gasteiger partial charge is 0.338 e. The number of likely N-dealkylation sites (tertiary alicyclic amines) is 1. The van der Waals surface area contributed by atoms with E-state index < -0.39 is 0 Å². The first-order valence-electron chi connectivity index (χ1n) is 8.85. The predicted molar refractivity (Wildman–Crippen MR) is 89.7 cm³/mol. The maximum Gasteiger partial charge on any atom is 0.272 e. The Labute approximate surface area is 141 Å². The molecule has 1 amide bonds. The van der Waals surface area contributed by atoms with Gasteiger partial charge in [0.15, 0.2) is 0 Å². The van der Waals surface area contributed by atoms with Crippen LogP contribution in [-0.2, 0) is 6.54 Å². The third kappa shape index (κ3) is 3.08. The second kappa shape index (κ2) is 6.76. The summed E-state index contributed by atoms with van der Waals surface area (Å²) in [6.07, 6.45) is 9.67. The summed E-state index contributed by atoms with van der Waals surface area (Å²) in [5.74, 6) is 1.46. The minimum Gasteiger partial charge on any atom is -0.338 e. The lowest BCUT2D eigenvalue weighted by Gasteiger charge is -2.24. The Kier molecular flexibility index (Phi) is 4.34. The molecule has 0 aliphatic carbocycles. The van der Waals surface area contributed by atoms with Crippen molar-refractivity contribution in [1.82, 2.24) is 30.0 Å². The van der Waals surface area contributed by atoms with E-state index in [9.17, 15) is 4.79 Å². The van der Waals surface area contributed by atoms with Crippen molar-refractivity contribution in [2.75, 3.05) is 19.6 Å². The van der Waals surface area contributed by atoms with E-state index in [4.69, 9.17) is 0 Å². The third-order valence-corrected chi connectivity index (χ3v) is 5.15. The molecule has 2 N–H and O–H groups in total. The minimum absolute atomic E-state index is 0.0670. The van der Waals surface area contributed by atoms with Crippen molar-refractivity contribution in [3.8, 4) is 0 Å². The fourth-order valence-corrected chi connectivity index (χ4v) is 3.82. The number of piperidine rings is 1. The van der Waals surface area contributed by atoms with Crippen molar-refractivity contribution in [1.29, 1.82) is 0 Å². The number of hydrogen-bond donors (Lipinski definition) is 2. The van der Waals surface area contributed by atoms with Crippen molar-refractivity contribution in [2.45, 2.75) is 44.2 Å². The summed E-state index contributed by atoms with van der Waals surface area (Å²) in [6.45, 7) is 3.61. The molecule has 128 valence electrons. The van der Waals surface area contributed by atoms with E-state index in [0.717, 1.165) is 57.7 Å². The number of nitrogens with one attached hydrogen (secondary N) is 2. The molecule has 0 bridgehead atoms. The first kappa shape index (κ1) is 15.4. The van der Waals surface area contributed by atoms with Crippen molar-refractivity contribution in [3.63, 3.8) is 0 Å². The number of hydrogen-bond acceptors (Lipinski definition) is 4. The normalized spacial score (nSPS) is 22.2. The maximum atomic E-state index is 12.9. The third-order valence-electron chi connectivity index (χ3n) is 5.15. The summed E-state index contributed by atoms with van der Waals surface area (Å²) in [6, 6.07) is 2.13. The number of aromatic nitrogens is 4. The van der Waals surface area contributed by atoms with Crippen LogP contribution in [-0.4, -0.2) is 56.2 Å². The molecule has 0 aromatic carbocycles. The standard InChI is InChI=1S/C17H24N6O/c24-17(15-11-19-16(21-15)13-4-7-18-8-5-13)23-10-1-3-14(23)12-22-9-2-6-20-22/h2,6,9,11,13-14,18H,1,3-5,7-8,10,12H2,(H,19,21). The van der Waals surface area contributed by atoms with Crippen LogP contribution in [0.2, 0.25) is 0 Å². The fraction of sp³-hybridized carbons (Fsp3) is 0.588. The number of rotatable bonds is 4. The molecule has 24 heavy (non-hydrogen) atoms. The van der Waals surface area contributed by atoms with Gasteiger partial charge in [-0.05, 0) is 44.8 Å². The van der Waals surface area contributed by atoms with Crippen molar-refractivity contribution in [2.24, 2.45) is 0 Å². The van der Waals surface area contributed by atoms with Crippen molar-refractivity contribution >= 4 is 5.91 Å². The van der Waals surface area contributed by atoms with Gasteiger partial charge in [-0.3, -0.25) is 9.48 Å². The van der Waals surface area contributed by atoms with Crippen LogP contribution in [0.1, 0.15) is 47.9 Å². The van der Waals surface area contributed by atoms with Gasteiger partial charge in [0.05, 0.1) is 18.8 Å². The zero-order valence-corrected chi connectivity index (χ0v) is 13.8. The Morgan fingerprint density at radius 3 is 2.96 bits per heavy atom. The van der Waals surface area contributed by atoms with Gasteiger partial charge in [0, 0.05) is 24.9 Å². The number of carbonyl (C=O) groups excluding carboxylic acids is 1. The quantitative estimate of drug-likeness (QED) is 0.889. The van der Waals surface area contributed by atoms with E-state index in [0.29, 0.717) is 11.6 Å². The predicted octanol–water partition coefficient (Wildman–Crippen LogP) is 1.38. The maximum absolute atomic E-state index is 12.9. The summed E-state index contributed by atoms with van der Waals surface area (Å²) in [5.41, 5.74) is 0.621. The molecular formula is C17H24N6O. The molecule has 1 atom stereocenters. The first-order chi connectivity index (χ1) is 11.8. The van der Waals surface area contributed by atoms with Gasteiger partial charge >= 0.3 is 0 Å². The average Bonchev–Trinajstić information content (AvgIpc) is 3.37. The van der Waals surface area contributed by atoms with E-state index in [1.54, 1.807) is 12.4 Å². The minimum atomic E-state index is 0.0670. The Hall–Kier alpha value is -2.15. The molecule has 1 unspecified atom stereocenters. The molecule has 2 saturated heterocycles. The van der Waals surface area contributed by atoms with Crippen molar-refractivity contribution < 1.29 is 4.79 Å². The smallest absolute Gasteiger partial charge is 0.272 e. The van der Waals surface area contributed by atoms with E-state index in [1.807, 2.05) is 21.8 Å². The number of imidazole rings is 1. The Balaban J connectivity index is 1.45. The van der Waals surface area contributed by atoms with E-state index in [-0.39, 0.29) is 11.9 Å².